The molecule has 0 saturated carbocycles. The van der Waals surface area contributed by atoms with Gasteiger partial charge in [0.15, 0.2) is 23.1 Å². The first-order chi connectivity index (χ1) is 15.2. The van der Waals surface area contributed by atoms with Crippen LogP contribution in [0.3, 0.4) is 0 Å². The molecule has 9 nitrogen and oxygen atoms in total. The number of carbonyl (C=O) groups excluding carboxylic acids is 2. The number of ether oxygens (including phenoxy) is 2. The lowest BCUT2D eigenvalue weighted by Crippen LogP contribution is -2.21. The third-order valence-electron chi connectivity index (χ3n) is 4.50. The second-order valence-electron chi connectivity index (χ2n) is 6.92. The first-order valence-corrected chi connectivity index (χ1v) is 9.82. The lowest BCUT2D eigenvalue weighted by molar-refractivity contribution is -0.135. The topological polar surface area (TPSA) is 156 Å². The summed E-state index contributed by atoms with van der Waals surface area (Å²) in [5.74, 6) is -0.920. The minimum Gasteiger partial charge on any atom is -0.510 e. The Morgan fingerprint density at radius 3 is 2.41 bits per heavy atom. The van der Waals surface area contributed by atoms with Gasteiger partial charge in [0.2, 0.25) is 0 Å². The first kappa shape index (κ1) is 26.6. The number of carboxylic acid groups (broad SMARTS) is 1. The van der Waals surface area contributed by atoms with Crippen molar-refractivity contribution in [2.75, 3.05) is 20.8 Å². The molecule has 0 radical (unpaired) electrons. The second-order valence-corrected chi connectivity index (χ2v) is 6.92. The number of hydrogen-bond acceptors (Lipinski definition) is 8. The fourth-order valence-corrected chi connectivity index (χ4v) is 2.79. The van der Waals surface area contributed by atoms with Crippen LogP contribution in [0.2, 0.25) is 0 Å². The van der Waals surface area contributed by atoms with Gasteiger partial charge in [-0.15, -0.1) is 0 Å². The molecular formula is C23H29NO8. The standard InChI is InChI=1S/C21H24O6.C2H5NO2/c1-26-20-11-14(5-9-18(20)24)3-7-16(22)13-17(23)8-4-15-6-10-19(25)21(12-15)27-2;3-1-2(4)5/h3-5,7-11,15,21,24-25H,6,12-13H2,1-2H3;1,3H2,(H,4,5)/b7-3+,8-4+;. The number of aliphatic hydroxyl groups excluding tert-OH is 1. The number of phenols is 1. The third-order valence-corrected chi connectivity index (χ3v) is 4.50. The average molecular weight is 447 g/mol. The maximum absolute atomic E-state index is 12.0. The number of methoxy groups -OCH3 is 2. The highest BCUT2D eigenvalue weighted by Crippen LogP contribution is 2.27. The Kier molecular flexibility index (Phi) is 11.5. The van der Waals surface area contributed by atoms with Crippen LogP contribution in [-0.2, 0) is 19.1 Å². The van der Waals surface area contributed by atoms with Gasteiger partial charge in [-0.2, -0.15) is 0 Å². The molecule has 1 aromatic rings. The molecule has 1 aliphatic carbocycles. The van der Waals surface area contributed by atoms with Gasteiger partial charge >= 0.3 is 5.97 Å². The molecule has 0 bridgehead atoms. The van der Waals surface area contributed by atoms with E-state index in [9.17, 15) is 24.6 Å². The highest BCUT2D eigenvalue weighted by Gasteiger charge is 2.22. The molecule has 2 atom stereocenters. The number of nitrogens with two attached hydrogens (primary N) is 1. The van der Waals surface area contributed by atoms with E-state index in [0.717, 1.165) is 0 Å². The normalized spacial score (nSPS) is 18.0. The van der Waals surface area contributed by atoms with Crippen LogP contribution in [0.4, 0.5) is 0 Å². The van der Waals surface area contributed by atoms with Gasteiger partial charge in [-0.05, 0) is 54.7 Å². The van der Waals surface area contributed by atoms with Gasteiger partial charge in [0.05, 0.1) is 20.1 Å². The van der Waals surface area contributed by atoms with Crippen LogP contribution in [0.1, 0.15) is 24.8 Å². The maximum atomic E-state index is 12.0. The van der Waals surface area contributed by atoms with Gasteiger partial charge in [-0.3, -0.25) is 14.4 Å². The Bertz CT molecular complexity index is 888. The van der Waals surface area contributed by atoms with Gasteiger partial charge in [0.25, 0.3) is 0 Å². The summed E-state index contributed by atoms with van der Waals surface area (Å²) in [7, 11) is 2.97. The van der Waals surface area contributed by atoms with Crippen LogP contribution in [0.25, 0.3) is 6.08 Å². The molecule has 1 aromatic carbocycles. The number of aromatic hydroxyl groups is 1. The van der Waals surface area contributed by atoms with Crippen molar-refractivity contribution in [3.8, 4) is 11.5 Å². The molecule has 2 unspecified atom stereocenters. The summed E-state index contributed by atoms with van der Waals surface area (Å²) in [4.78, 5) is 33.2. The number of aliphatic carboxylic acids is 1. The first-order valence-electron chi connectivity index (χ1n) is 9.82. The number of hydrogen-bond donors (Lipinski definition) is 4. The number of ketones is 2. The number of allylic oxidation sites excluding steroid dienone is 4. The van der Waals surface area contributed by atoms with E-state index < -0.39 is 5.97 Å². The van der Waals surface area contributed by atoms with Crippen LogP contribution in [0, 0.1) is 5.92 Å². The average Bonchev–Trinajstić information content (AvgIpc) is 2.78. The number of phenolic OH excluding ortho intramolecular Hbond substituents is 1. The fourth-order valence-electron chi connectivity index (χ4n) is 2.79. The van der Waals surface area contributed by atoms with Gasteiger partial charge < -0.3 is 30.5 Å². The van der Waals surface area contributed by atoms with Crippen LogP contribution in [-0.4, -0.2) is 59.7 Å². The van der Waals surface area contributed by atoms with Gasteiger partial charge in [0, 0.05) is 7.11 Å². The molecule has 0 aliphatic heterocycles. The molecule has 2 rings (SSSR count). The monoisotopic (exact) mass is 447 g/mol. The van der Waals surface area contributed by atoms with E-state index in [1.165, 1.54) is 32.4 Å². The Labute approximate surface area is 186 Å². The molecule has 0 fully saturated rings. The predicted molar refractivity (Wildman–Crippen MR) is 118 cm³/mol. The maximum Gasteiger partial charge on any atom is 0.317 e. The summed E-state index contributed by atoms with van der Waals surface area (Å²) in [5, 5.41) is 26.8. The highest BCUT2D eigenvalue weighted by atomic mass is 16.5. The zero-order valence-corrected chi connectivity index (χ0v) is 18.1. The van der Waals surface area contributed by atoms with E-state index in [1.807, 2.05) is 0 Å². The Hall–Kier alpha value is -3.43. The number of carbonyl (C=O) groups is 3. The Morgan fingerprint density at radius 2 is 1.81 bits per heavy atom. The van der Waals surface area contributed by atoms with Crippen molar-refractivity contribution < 1.29 is 39.2 Å². The molecule has 1 aliphatic rings. The second kappa shape index (κ2) is 13.8. The number of carboxylic acids is 1. The largest absolute Gasteiger partial charge is 0.510 e. The van der Waals surface area contributed by atoms with Crippen molar-refractivity contribution in [1.29, 1.82) is 0 Å². The van der Waals surface area contributed by atoms with E-state index in [1.54, 1.807) is 30.4 Å². The molecular weight excluding hydrogens is 418 g/mol. The number of rotatable bonds is 9. The Balaban J connectivity index is 0.000000920. The minimum atomic E-state index is -0.968. The van der Waals surface area contributed by atoms with E-state index in [-0.39, 0.29) is 48.1 Å². The number of aliphatic hydroxyl groups is 1. The molecule has 0 saturated heterocycles. The summed E-state index contributed by atoms with van der Waals surface area (Å²) in [6.07, 6.45) is 8.43. The van der Waals surface area contributed by atoms with E-state index >= 15 is 0 Å². The van der Waals surface area contributed by atoms with Crippen LogP contribution < -0.4 is 10.5 Å². The van der Waals surface area contributed by atoms with Crippen molar-refractivity contribution >= 4 is 23.6 Å². The van der Waals surface area contributed by atoms with Crippen molar-refractivity contribution in [3.63, 3.8) is 0 Å². The minimum absolute atomic E-state index is 0.0166. The SMILES string of the molecule is COc1cc(/C=C/C(=O)CC(=O)/C=C/C2CC=C(O)C(OC)C2)ccc1O.NCC(=O)O. The molecule has 32 heavy (non-hydrogen) atoms. The van der Waals surface area contributed by atoms with Crippen molar-refractivity contribution in [1.82, 2.24) is 0 Å². The predicted octanol–water partition coefficient (Wildman–Crippen LogP) is 2.40. The molecule has 0 heterocycles. The molecule has 5 N–H and O–H groups in total. The molecule has 9 heteroatoms. The van der Waals surface area contributed by atoms with Crippen molar-refractivity contribution in [3.05, 3.63) is 53.8 Å². The summed E-state index contributed by atoms with van der Waals surface area (Å²) >= 11 is 0. The third kappa shape index (κ3) is 9.59. The number of benzene rings is 1. The zero-order chi connectivity index (χ0) is 24.1. The van der Waals surface area contributed by atoms with Crippen molar-refractivity contribution in [2.24, 2.45) is 11.7 Å². The summed E-state index contributed by atoms with van der Waals surface area (Å²) < 4.78 is 10.2. The van der Waals surface area contributed by atoms with E-state index in [4.69, 9.17) is 14.6 Å². The van der Waals surface area contributed by atoms with E-state index in [0.29, 0.717) is 24.2 Å². The van der Waals surface area contributed by atoms with Crippen LogP contribution in [0.5, 0.6) is 11.5 Å². The fraction of sp³-hybridized carbons (Fsp3) is 0.348. The zero-order valence-electron chi connectivity index (χ0n) is 18.1. The quantitative estimate of drug-likeness (QED) is 0.330. The molecule has 0 aromatic heterocycles. The smallest absolute Gasteiger partial charge is 0.317 e. The van der Waals surface area contributed by atoms with Crippen LogP contribution in [0.15, 0.2) is 48.3 Å². The van der Waals surface area contributed by atoms with Gasteiger partial charge in [-0.25, -0.2) is 0 Å². The lowest BCUT2D eigenvalue weighted by atomic mass is 9.90. The molecule has 174 valence electrons. The van der Waals surface area contributed by atoms with Gasteiger partial charge in [-0.1, -0.05) is 18.2 Å². The van der Waals surface area contributed by atoms with Gasteiger partial charge in [0.1, 0.15) is 11.9 Å². The summed E-state index contributed by atoms with van der Waals surface area (Å²) in [5.41, 5.74) is 5.25. The van der Waals surface area contributed by atoms with Crippen LogP contribution >= 0.6 is 0 Å². The van der Waals surface area contributed by atoms with Crippen molar-refractivity contribution in [2.45, 2.75) is 25.4 Å². The van der Waals surface area contributed by atoms with E-state index in [2.05, 4.69) is 5.73 Å². The molecule has 0 amide bonds. The Morgan fingerprint density at radius 1 is 1.16 bits per heavy atom. The summed E-state index contributed by atoms with van der Waals surface area (Å²) in [6.45, 7) is -0.278. The highest BCUT2D eigenvalue weighted by molar-refractivity contribution is 6.09. The lowest BCUT2D eigenvalue weighted by Gasteiger charge is -2.23. The molecule has 0 spiro atoms. The summed E-state index contributed by atoms with van der Waals surface area (Å²) in [6, 6.07) is 4.71.